The first kappa shape index (κ1) is 27.0. The Morgan fingerprint density at radius 3 is 1.55 bits per heavy atom. The van der Waals surface area contributed by atoms with Crippen molar-refractivity contribution in [1.29, 1.82) is 0 Å². The number of aliphatic hydroxyl groups excluding tert-OH is 10. The summed E-state index contributed by atoms with van der Waals surface area (Å²) >= 11 is 0. The highest BCUT2D eigenvalue weighted by Crippen LogP contribution is 2.32. The molecule has 3 heterocycles. The summed E-state index contributed by atoms with van der Waals surface area (Å²) in [6.45, 7) is -0.103. The molecule has 15 nitrogen and oxygen atoms in total. The van der Waals surface area contributed by atoms with Crippen molar-refractivity contribution in [2.45, 2.75) is 99.0 Å². The van der Waals surface area contributed by atoms with Crippen molar-refractivity contribution in [3.63, 3.8) is 0 Å². The molecule has 3 aliphatic heterocycles. The Morgan fingerprint density at radius 2 is 1.00 bits per heavy atom. The summed E-state index contributed by atoms with van der Waals surface area (Å²) in [7, 11) is 0. The second-order valence-corrected chi connectivity index (χ2v) is 8.32. The van der Waals surface area contributed by atoms with Crippen molar-refractivity contribution in [2.24, 2.45) is 0 Å². The van der Waals surface area contributed by atoms with E-state index in [0.29, 0.717) is 0 Å². The summed E-state index contributed by atoms with van der Waals surface area (Å²) < 4.78 is 26.6. The minimum absolute atomic E-state index is 0.741. The highest BCUT2D eigenvalue weighted by atomic mass is 16.7. The smallest absolute Gasteiger partial charge is 0.187 e. The van der Waals surface area contributed by atoms with Crippen molar-refractivity contribution in [3.05, 3.63) is 0 Å². The van der Waals surface area contributed by atoms with E-state index < -0.39 is 105 Å². The average Bonchev–Trinajstić information content (AvgIpc) is 2.80. The number of rotatable bonds is 6. The summed E-state index contributed by atoms with van der Waals surface area (Å²) in [4.78, 5) is 0. The Kier molecular flexibility index (Phi) is 8.99. The van der Waals surface area contributed by atoms with Gasteiger partial charge in [-0.2, -0.15) is 0 Å². The molecule has 194 valence electrons. The molecule has 33 heavy (non-hydrogen) atoms. The van der Waals surface area contributed by atoms with Gasteiger partial charge in [0.2, 0.25) is 0 Å². The van der Waals surface area contributed by atoms with E-state index in [-0.39, 0.29) is 0 Å². The van der Waals surface area contributed by atoms with Gasteiger partial charge in [0, 0.05) is 0 Å². The van der Waals surface area contributed by atoms with Gasteiger partial charge < -0.3 is 74.7 Å². The van der Waals surface area contributed by atoms with Crippen LogP contribution < -0.4 is 0 Å². The van der Waals surface area contributed by atoms with Gasteiger partial charge in [-0.05, 0) is 6.92 Å². The second kappa shape index (κ2) is 11.0. The lowest BCUT2D eigenvalue weighted by molar-refractivity contribution is -0.376. The molecule has 0 spiro atoms. The van der Waals surface area contributed by atoms with Crippen LogP contribution in [0.2, 0.25) is 0 Å². The molecule has 0 aromatic rings. The number of hydrogen-bond acceptors (Lipinski definition) is 15. The summed E-state index contributed by atoms with van der Waals surface area (Å²) in [6.07, 6.45) is -23.7. The molecule has 0 bridgehead atoms. The van der Waals surface area contributed by atoms with Crippen molar-refractivity contribution < 1.29 is 74.7 Å². The molecule has 15 atom stereocenters. The van der Waals surface area contributed by atoms with Crippen LogP contribution in [0.25, 0.3) is 0 Å². The van der Waals surface area contributed by atoms with Gasteiger partial charge in [-0.3, -0.25) is 0 Å². The summed E-state index contributed by atoms with van der Waals surface area (Å²) in [6, 6.07) is 0. The third kappa shape index (κ3) is 5.32. The number of hydrogen-bond donors (Lipinski definition) is 10. The SMILES string of the molecule is C[C@H]1O[C@H](O[C@H]2[C@H](O)[C@@H](O)[C@@H](O[C@H]3[C@H](O)[C@@H](O)[C@@H](O)O[C@@H]3CO)O[C@@H]2CO)[C@H](O)[C@@H](O)[C@@H]1O. The average molecular weight is 488 g/mol. The number of ether oxygens (including phenoxy) is 5. The molecule has 0 saturated carbocycles. The third-order valence-electron chi connectivity index (χ3n) is 6.05. The minimum atomic E-state index is -1.86. The normalized spacial score (nSPS) is 53.7. The molecule has 0 aliphatic carbocycles. The first-order valence-corrected chi connectivity index (χ1v) is 10.4. The molecule has 0 aromatic heterocycles. The van der Waals surface area contributed by atoms with E-state index in [1.165, 1.54) is 6.92 Å². The van der Waals surface area contributed by atoms with Crippen molar-refractivity contribution in [2.75, 3.05) is 13.2 Å². The molecule has 3 rings (SSSR count). The predicted molar refractivity (Wildman–Crippen MR) is 99.8 cm³/mol. The Balaban J connectivity index is 1.71. The number of aliphatic hydroxyl groups is 10. The Bertz CT molecular complexity index is 622. The van der Waals surface area contributed by atoms with Crippen LogP contribution in [0.1, 0.15) is 6.92 Å². The van der Waals surface area contributed by atoms with Crippen LogP contribution in [0, 0.1) is 0 Å². The zero-order valence-electron chi connectivity index (χ0n) is 17.6. The Morgan fingerprint density at radius 1 is 0.545 bits per heavy atom. The van der Waals surface area contributed by atoms with Crippen LogP contribution in [0.15, 0.2) is 0 Å². The molecule has 0 aromatic carbocycles. The molecule has 0 radical (unpaired) electrons. The fraction of sp³-hybridized carbons (Fsp3) is 1.00. The maximum Gasteiger partial charge on any atom is 0.187 e. The molecule has 3 fully saturated rings. The van der Waals surface area contributed by atoms with E-state index >= 15 is 0 Å². The lowest BCUT2D eigenvalue weighted by Crippen LogP contribution is -2.66. The first-order valence-electron chi connectivity index (χ1n) is 10.4. The van der Waals surface area contributed by atoms with Crippen LogP contribution in [-0.4, -0.2) is 156 Å². The van der Waals surface area contributed by atoms with Crippen LogP contribution in [0.3, 0.4) is 0 Å². The zero-order valence-corrected chi connectivity index (χ0v) is 17.6. The lowest BCUT2D eigenvalue weighted by Gasteiger charge is -2.47. The van der Waals surface area contributed by atoms with E-state index in [2.05, 4.69) is 0 Å². The fourth-order valence-corrected chi connectivity index (χ4v) is 4.00. The minimum Gasteiger partial charge on any atom is -0.394 e. The highest BCUT2D eigenvalue weighted by molar-refractivity contribution is 4.95. The first-order chi connectivity index (χ1) is 15.5. The van der Waals surface area contributed by atoms with Crippen LogP contribution in [-0.2, 0) is 23.7 Å². The molecular formula is C18H32O15. The maximum absolute atomic E-state index is 10.6. The van der Waals surface area contributed by atoms with Gasteiger partial charge in [-0.1, -0.05) is 0 Å². The Labute approximate surface area is 187 Å². The predicted octanol–water partition coefficient (Wildman–Crippen LogP) is -6.55. The van der Waals surface area contributed by atoms with Gasteiger partial charge in [-0.25, -0.2) is 0 Å². The van der Waals surface area contributed by atoms with E-state index in [9.17, 15) is 51.1 Å². The van der Waals surface area contributed by atoms with Gasteiger partial charge in [0.15, 0.2) is 18.9 Å². The zero-order chi connectivity index (χ0) is 24.6. The molecule has 0 unspecified atom stereocenters. The maximum atomic E-state index is 10.6. The van der Waals surface area contributed by atoms with E-state index in [4.69, 9.17) is 23.7 Å². The summed E-state index contributed by atoms with van der Waals surface area (Å²) in [5, 5.41) is 99.7. The van der Waals surface area contributed by atoms with Crippen molar-refractivity contribution in [1.82, 2.24) is 0 Å². The Hall–Kier alpha value is -0.600. The lowest BCUT2D eigenvalue weighted by atomic mass is 9.96. The quantitative estimate of drug-likeness (QED) is 0.167. The monoisotopic (exact) mass is 488 g/mol. The van der Waals surface area contributed by atoms with E-state index in [1.807, 2.05) is 0 Å². The van der Waals surface area contributed by atoms with Gasteiger partial charge >= 0.3 is 0 Å². The molecular weight excluding hydrogens is 456 g/mol. The van der Waals surface area contributed by atoms with Crippen molar-refractivity contribution in [3.8, 4) is 0 Å². The third-order valence-corrected chi connectivity index (χ3v) is 6.05. The van der Waals surface area contributed by atoms with Gasteiger partial charge in [0.05, 0.1) is 19.3 Å². The largest absolute Gasteiger partial charge is 0.394 e. The topological polar surface area (TPSA) is 248 Å². The van der Waals surface area contributed by atoms with Crippen molar-refractivity contribution >= 4 is 0 Å². The standard InChI is InChI=1S/C18H32O15/c1-4-7(21)8(22)12(26)17(29-4)32-15-6(3-20)31-18(13(27)10(15)24)33-14-5(2-19)30-16(28)11(25)9(14)23/h4-28H,2-3H2,1H3/t4-,5-,6-,7-,8+,9-,10-,11-,12-,13-,14-,15-,16+,17-,18-/m1/s1. The molecule has 3 aliphatic rings. The fourth-order valence-electron chi connectivity index (χ4n) is 4.00. The molecule has 15 heteroatoms. The van der Waals surface area contributed by atoms with Gasteiger partial charge in [0.25, 0.3) is 0 Å². The molecule has 0 amide bonds. The van der Waals surface area contributed by atoms with E-state index in [1.54, 1.807) is 0 Å². The molecule has 3 saturated heterocycles. The van der Waals surface area contributed by atoms with E-state index in [0.717, 1.165) is 0 Å². The highest BCUT2D eigenvalue weighted by Gasteiger charge is 2.52. The second-order valence-electron chi connectivity index (χ2n) is 8.32. The van der Waals surface area contributed by atoms with Crippen LogP contribution >= 0.6 is 0 Å². The summed E-state index contributed by atoms with van der Waals surface area (Å²) in [5.74, 6) is 0. The van der Waals surface area contributed by atoms with Gasteiger partial charge in [-0.15, -0.1) is 0 Å². The summed E-state index contributed by atoms with van der Waals surface area (Å²) in [5.41, 5.74) is 0. The molecule has 10 N–H and O–H groups in total. The van der Waals surface area contributed by atoms with Gasteiger partial charge in [0.1, 0.15) is 67.1 Å². The van der Waals surface area contributed by atoms with Crippen LogP contribution in [0.4, 0.5) is 0 Å². The van der Waals surface area contributed by atoms with Crippen LogP contribution in [0.5, 0.6) is 0 Å².